The predicted octanol–water partition coefficient (Wildman–Crippen LogP) is 6.97. The summed E-state index contributed by atoms with van der Waals surface area (Å²) in [6.07, 6.45) is 2.14. The van der Waals surface area contributed by atoms with Crippen LogP contribution in [0.15, 0.2) is 48.5 Å². The Morgan fingerprint density at radius 3 is 2.04 bits per heavy atom. The fraction of sp³-hybridized carbons (Fsp3) is 0.455. The van der Waals surface area contributed by atoms with E-state index in [-0.39, 0.29) is 0 Å². The van der Waals surface area contributed by atoms with Crippen molar-refractivity contribution in [2.24, 2.45) is 5.92 Å². The quantitative estimate of drug-likeness (QED) is 0.558. The summed E-state index contributed by atoms with van der Waals surface area (Å²) < 4.78 is 43.3. The number of hydrogen-bond acceptors (Lipinski definition) is 1. The van der Waals surface area contributed by atoms with E-state index in [0.717, 1.165) is 23.6 Å². The van der Waals surface area contributed by atoms with Gasteiger partial charge >= 0.3 is 6.18 Å². The lowest BCUT2D eigenvalue weighted by Crippen LogP contribution is -2.12. The minimum Gasteiger partial charge on any atom is -0.489 e. The Morgan fingerprint density at radius 2 is 1.50 bits per heavy atom. The van der Waals surface area contributed by atoms with Gasteiger partial charge in [0.2, 0.25) is 0 Å². The molecule has 0 heterocycles. The van der Waals surface area contributed by atoms with Gasteiger partial charge in [-0.1, -0.05) is 37.6 Å². The maximum absolute atomic E-state index is 12.6. The number of rotatable bonds is 5. The summed E-state index contributed by atoms with van der Waals surface area (Å²) >= 11 is 0. The molecular formula is C22H25F3O. The molecule has 1 aliphatic carbocycles. The lowest BCUT2D eigenvalue weighted by molar-refractivity contribution is -0.137. The molecule has 4 heteroatoms. The Hall–Kier alpha value is -1.97. The van der Waals surface area contributed by atoms with E-state index in [4.69, 9.17) is 4.74 Å². The number of halogens is 3. The van der Waals surface area contributed by atoms with Gasteiger partial charge in [-0.3, -0.25) is 0 Å². The van der Waals surface area contributed by atoms with E-state index in [1.165, 1.54) is 49.8 Å². The van der Waals surface area contributed by atoms with Gasteiger partial charge in [-0.2, -0.15) is 13.2 Å². The van der Waals surface area contributed by atoms with Gasteiger partial charge in [0.15, 0.2) is 0 Å². The maximum Gasteiger partial charge on any atom is 0.416 e. The van der Waals surface area contributed by atoms with Crippen LogP contribution in [0.1, 0.15) is 61.6 Å². The van der Waals surface area contributed by atoms with E-state index in [2.05, 4.69) is 31.2 Å². The minimum atomic E-state index is -4.31. The van der Waals surface area contributed by atoms with Crippen molar-refractivity contribution in [1.82, 2.24) is 0 Å². The Kier molecular flexibility index (Phi) is 5.90. The van der Waals surface area contributed by atoms with Gasteiger partial charge in [0, 0.05) is 0 Å². The molecule has 0 aliphatic heterocycles. The lowest BCUT2D eigenvalue weighted by Gasteiger charge is -2.28. The van der Waals surface area contributed by atoms with Crippen LogP contribution < -0.4 is 4.74 Å². The Labute approximate surface area is 153 Å². The highest BCUT2D eigenvalue weighted by atomic mass is 19.4. The van der Waals surface area contributed by atoms with Crippen molar-refractivity contribution in [1.29, 1.82) is 0 Å². The molecule has 1 aliphatic rings. The molecule has 26 heavy (non-hydrogen) atoms. The van der Waals surface area contributed by atoms with E-state index >= 15 is 0 Å². The molecule has 0 bridgehead atoms. The van der Waals surface area contributed by atoms with Crippen molar-refractivity contribution in [2.75, 3.05) is 0 Å². The van der Waals surface area contributed by atoms with Gasteiger partial charge in [0.1, 0.15) is 12.4 Å². The third-order valence-electron chi connectivity index (χ3n) is 5.46. The molecule has 1 fully saturated rings. The van der Waals surface area contributed by atoms with Crippen LogP contribution in [0, 0.1) is 5.92 Å². The molecule has 0 spiro atoms. The van der Waals surface area contributed by atoms with Crippen molar-refractivity contribution in [3.63, 3.8) is 0 Å². The van der Waals surface area contributed by atoms with Crippen molar-refractivity contribution in [2.45, 2.75) is 57.7 Å². The molecule has 2 aromatic rings. The molecule has 140 valence electrons. The van der Waals surface area contributed by atoms with Crippen LogP contribution in [-0.2, 0) is 12.8 Å². The third kappa shape index (κ3) is 4.80. The number of ether oxygens (including phenoxy) is 1. The van der Waals surface area contributed by atoms with E-state index in [0.29, 0.717) is 18.3 Å². The van der Waals surface area contributed by atoms with Crippen LogP contribution in [0.4, 0.5) is 13.2 Å². The summed E-state index contributed by atoms with van der Waals surface area (Å²) in [7, 11) is 0. The summed E-state index contributed by atoms with van der Waals surface area (Å²) in [5.41, 5.74) is 1.75. The first-order valence-corrected chi connectivity index (χ1v) is 9.34. The van der Waals surface area contributed by atoms with Crippen molar-refractivity contribution in [3.05, 3.63) is 65.2 Å². The van der Waals surface area contributed by atoms with Crippen molar-refractivity contribution >= 4 is 0 Å². The van der Waals surface area contributed by atoms with E-state index in [9.17, 15) is 13.2 Å². The predicted molar refractivity (Wildman–Crippen MR) is 97.2 cm³/mol. The zero-order valence-electron chi connectivity index (χ0n) is 15.1. The van der Waals surface area contributed by atoms with Crippen LogP contribution in [0.3, 0.4) is 0 Å². The van der Waals surface area contributed by atoms with Gasteiger partial charge in [0.25, 0.3) is 0 Å². The van der Waals surface area contributed by atoms with Gasteiger partial charge in [-0.15, -0.1) is 0 Å². The lowest BCUT2D eigenvalue weighted by atomic mass is 9.78. The average Bonchev–Trinajstić information content (AvgIpc) is 2.66. The van der Waals surface area contributed by atoms with E-state index < -0.39 is 11.7 Å². The first kappa shape index (κ1) is 18.8. The van der Waals surface area contributed by atoms with E-state index in [1.807, 2.05) is 0 Å². The van der Waals surface area contributed by atoms with Crippen LogP contribution >= 0.6 is 0 Å². The zero-order valence-corrected chi connectivity index (χ0v) is 15.1. The molecule has 0 atom stereocenters. The van der Waals surface area contributed by atoms with Crippen LogP contribution in [0.5, 0.6) is 5.75 Å². The van der Waals surface area contributed by atoms with Crippen molar-refractivity contribution < 1.29 is 17.9 Å². The first-order chi connectivity index (χ1) is 12.5. The molecule has 0 saturated heterocycles. The molecule has 0 unspecified atom stereocenters. The summed E-state index contributed by atoms with van der Waals surface area (Å²) in [6.45, 7) is 2.63. The Balaban J connectivity index is 1.53. The van der Waals surface area contributed by atoms with Gasteiger partial charge in [0.05, 0.1) is 5.56 Å². The highest BCUT2D eigenvalue weighted by Gasteiger charge is 2.30. The largest absolute Gasteiger partial charge is 0.489 e. The minimum absolute atomic E-state index is 0.355. The number of hydrogen-bond donors (Lipinski definition) is 0. The zero-order chi connectivity index (χ0) is 18.6. The maximum atomic E-state index is 12.6. The van der Waals surface area contributed by atoms with Gasteiger partial charge in [-0.05, 0) is 72.9 Å². The van der Waals surface area contributed by atoms with Crippen molar-refractivity contribution in [3.8, 4) is 5.75 Å². The fourth-order valence-electron chi connectivity index (χ4n) is 3.70. The molecule has 2 aromatic carbocycles. The first-order valence-electron chi connectivity index (χ1n) is 9.34. The highest BCUT2D eigenvalue weighted by molar-refractivity contribution is 5.30. The van der Waals surface area contributed by atoms with Gasteiger partial charge < -0.3 is 4.74 Å². The second-order valence-corrected chi connectivity index (χ2v) is 7.18. The average molecular weight is 362 g/mol. The second-order valence-electron chi connectivity index (χ2n) is 7.18. The van der Waals surface area contributed by atoms with Gasteiger partial charge in [-0.25, -0.2) is 0 Å². The van der Waals surface area contributed by atoms with E-state index in [1.54, 1.807) is 0 Å². The molecule has 0 amide bonds. The normalized spacial score (nSPS) is 20.8. The highest BCUT2D eigenvalue weighted by Crippen LogP contribution is 2.37. The number of alkyl halides is 3. The summed E-state index contributed by atoms with van der Waals surface area (Å²) in [5, 5.41) is 0. The van der Waals surface area contributed by atoms with Crippen LogP contribution in [0.25, 0.3) is 0 Å². The molecule has 0 aromatic heterocycles. The molecule has 3 rings (SSSR count). The number of benzene rings is 2. The molecule has 1 nitrogen and oxygen atoms in total. The summed E-state index contributed by atoms with van der Waals surface area (Å²) in [4.78, 5) is 0. The smallest absolute Gasteiger partial charge is 0.416 e. The summed E-state index contributed by atoms with van der Waals surface area (Å²) in [6, 6.07) is 13.3. The SMILES string of the molecule is CCC1CCC(c2ccc(COc3ccc(C(F)(F)F)cc3)cc2)CC1. The fourth-order valence-corrected chi connectivity index (χ4v) is 3.70. The monoisotopic (exact) mass is 362 g/mol. The molecular weight excluding hydrogens is 337 g/mol. The molecule has 0 N–H and O–H groups in total. The Morgan fingerprint density at radius 1 is 0.885 bits per heavy atom. The molecule has 1 saturated carbocycles. The molecule has 0 radical (unpaired) electrons. The Bertz CT molecular complexity index is 681. The topological polar surface area (TPSA) is 9.23 Å². The third-order valence-corrected chi connectivity index (χ3v) is 5.46. The van der Waals surface area contributed by atoms with Crippen LogP contribution in [0.2, 0.25) is 0 Å². The standard InChI is InChI=1S/C22H25F3O/c1-2-16-3-7-18(8-4-16)19-9-5-17(6-10-19)15-26-21-13-11-20(12-14-21)22(23,24)25/h5-6,9-14,16,18H,2-4,7-8,15H2,1H3. The summed E-state index contributed by atoms with van der Waals surface area (Å²) in [5.74, 6) is 1.99. The van der Waals surface area contributed by atoms with Crippen LogP contribution in [-0.4, -0.2) is 0 Å². The second kappa shape index (κ2) is 8.15.